The zero-order valence-electron chi connectivity index (χ0n) is 15.1. The Morgan fingerprint density at radius 1 is 1.07 bits per heavy atom. The van der Waals surface area contributed by atoms with E-state index in [0.717, 1.165) is 6.07 Å². The van der Waals surface area contributed by atoms with Crippen molar-refractivity contribution in [2.24, 2.45) is 5.73 Å². The molecule has 2 aromatic carbocycles. The second kappa shape index (κ2) is 8.80. The molecule has 1 amide bonds. The van der Waals surface area contributed by atoms with Gasteiger partial charge < -0.3 is 15.2 Å². The first-order valence-electron chi connectivity index (χ1n) is 8.49. The number of pyridine rings is 1. The van der Waals surface area contributed by atoms with E-state index in [1.165, 1.54) is 36.5 Å². The van der Waals surface area contributed by atoms with Crippen LogP contribution in [0.1, 0.15) is 16.1 Å². The molecular weight excluding hydrogens is 380 g/mol. The molecule has 0 aliphatic heterocycles. The van der Waals surface area contributed by atoms with E-state index in [1.54, 1.807) is 18.2 Å². The number of hydrogen-bond acceptors (Lipinski definition) is 5. The first-order chi connectivity index (χ1) is 14.0. The lowest BCUT2D eigenvalue weighted by Crippen LogP contribution is -2.14. The Bertz CT molecular complexity index is 1080. The summed E-state index contributed by atoms with van der Waals surface area (Å²) in [5.41, 5.74) is 6.34. The Morgan fingerprint density at radius 3 is 2.48 bits per heavy atom. The summed E-state index contributed by atoms with van der Waals surface area (Å²) < 4.78 is 37.7. The largest absolute Gasteiger partial charge is 0.490 e. The van der Waals surface area contributed by atoms with Crippen molar-refractivity contribution < 1.29 is 23.0 Å². The molecule has 0 saturated heterocycles. The van der Waals surface area contributed by atoms with Crippen LogP contribution >= 0.6 is 0 Å². The van der Waals surface area contributed by atoms with Gasteiger partial charge in [0.05, 0.1) is 11.8 Å². The van der Waals surface area contributed by atoms with Crippen molar-refractivity contribution in [1.82, 2.24) is 4.98 Å². The van der Waals surface area contributed by atoms with Crippen LogP contribution in [0, 0.1) is 23.0 Å². The molecule has 0 unspecified atom stereocenters. The SMILES string of the molecule is N#Cc1cc(OCCOc2cnc(C(N)=O)cc2-c2ccc(F)cc2)ccc1F. The standard InChI is InChI=1S/C21H15F2N3O3/c22-15-3-1-13(2-4-15)17-10-19(21(25)27)26-12-20(17)29-8-7-28-16-5-6-18(23)14(9-16)11-24/h1-6,9-10,12H,7-8H2,(H2,25,27). The zero-order chi connectivity index (χ0) is 20.8. The molecule has 3 aromatic rings. The lowest BCUT2D eigenvalue weighted by Gasteiger charge is -2.13. The second-order valence-electron chi connectivity index (χ2n) is 5.89. The number of nitriles is 1. The maximum absolute atomic E-state index is 13.3. The normalized spacial score (nSPS) is 10.2. The van der Waals surface area contributed by atoms with Crippen molar-refractivity contribution >= 4 is 5.91 Å². The highest BCUT2D eigenvalue weighted by molar-refractivity contribution is 5.92. The number of ether oxygens (including phenoxy) is 2. The molecule has 8 heteroatoms. The van der Waals surface area contributed by atoms with Crippen molar-refractivity contribution in [1.29, 1.82) is 5.26 Å². The van der Waals surface area contributed by atoms with Crippen molar-refractivity contribution in [3.05, 3.63) is 77.6 Å². The number of benzene rings is 2. The molecule has 146 valence electrons. The summed E-state index contributed by atoms with van der Waals surface area (Å²) in [4.78, 5) is 15.4. The predicted molar refractivity (Wildman–Crippen MR) is 100 cm³/mol. The first-order valence-corrected chi connectivity index (χ1v) is 8.49. The van der Waals surface area contributed by atoms with Gasteiger partial charge in [-0.2, -0.15) is 5.26 Å². The third-order valence-electron chi connectivity index (χ3n) is 3.94. The van der Waals surface area contributed by atoms with Crippen LogP contribution in [-0.4, -0.2) is 24.1 Å². The first kappa shape index (κ1) is 19.8. The van der Waals surface area contributed by atoms with Crippen molar-refractivity contribution in [3.63, 3.8) is 0 Å². The predicted octanol–water partition coefficient (Wildman–Crippen LogP) is 3.46. The monoisotopic (exact) mass is 395 g/mol. The number of aromatic nitrogens is 1. The van der Waals surface area contributed by atoms with Crippen LogP contribution in [0.2, 0.25) is 0 Å². The van der Waals surface area contributed by atoms with E-state index in [0.29, 0.717) is 22.6 Å². The minimum absolute atomic E-state index is 0.0447. The van der Waals surface area contributed by atoms with E-state index in [1.807, 2.05) is 0 Å². The molecule has 0 saturated carbocycles. The molecule has 29 heavy (non-hydrogen) atoms. The molecule has 2 N–H and O–H groups in total. The van der Waals surface area contributed by atoms with Crippen LogP contribution in [0.4, 0.5) is 8.78 Å². The van der Waals surface area contributed by atoms with Crippen LogP contribution in [0.15, 0.2) is 54.7 Å². The molecule has 1 aromatic heterocycles. The Kier molecular flexibility index (Phi) is 6.00. The van der Waals surface area contributed by atoms with E-state index in [-0.39, 0.29) is 24.5 Å². The number of nitrogens with two attached hydrogens (primary N) is 1. The molecule has 0 bridgehead atoms. The van der Waals surface area contributed by atoms with Gasteiger partial charge in [0.1, 0.15) is 48.1 Å². The molecule has 0 radical (unpaired) electrons. The van der Waals surface area contributed by atoms with Gasteiger partial charge in [0.2, 0.25) is 0 Å². The Morgan fingerprint density at radius 2 is 1.79 bits per heavy atom. The van der Waals surface area contributed by atoms with E-state index < -0.39 is 17.5 Å². The van der Waals surface area contributed by atoms with Crippen LogP contribution in [0.3, 0.4) is 0 Å². The third-order valence-corrected chi connectivity index (χ3v) is 3.94. The maximum atomic E-state index is 13.3. The highest BCUT2D eigenvalue weighted by Gasteiger charge is 2.12. The summed E-state index contributed by atoms with van der Waals surface area (Å²) >= 11 is 0. The third kappa shape index (κ3) is 4.84. The van der Waals surface area contributed by atoms with Gasteiger partial charge in [0.25, 0.3) is 5.91 Å². The van der Waals surface area contributed by atoms with Gasteiger partial charge in [-0.25, -0.2) is 13.8 Å². The molecule has 0 fully saturated rings. The summed E-state index contributed by atoms with van der Waals surface area (Å²) in [6.45, 7) is 0.210. The van der Waals surface area contributed by atoms with E-state index in [4.69, 9.17) is 20.5 Å². The molecule has 0 atom stereocenters. The fourth-order valence-corrected chi connectivity index (χ4v) is 2.54. The average Bonchev–Trinajstić information content (AvgIpc) is 2.73. The second-order valence-corrected chi connectivity index (χ2v) is 5.89. The Balaban J connectivity index is 1.72. The van der Waals surface area contributed by atoms with Gasteiger partial charge in [-0.1, -0.05) is 12.1 Å². The Labute approximate surface area is 165 Å². The summed E-state index contributed by atoms with van der Waals surface area (Å²) in [6, 6.07) is 12.7. The highest BCUT2D eigenvalue weighted by atomic mass is 19.1. The van der Waals surface area contributed by atoms with Gasteiger partial charge in [0, 0.05) is 11.6 Å². The minimum atomic E-state index is -0.701. The molecule has 0 aliphatic rings. The van der Waals surface area contributed by atoms with Crippen molar-refractivity contribution in [3.8, 4) is 28.7 Å². The molecule has 0 spiro atoms. The summed E-state index contributed by atoms with van der Waals surface area (Å²) in [5, 5.41) is 8.85. The van der Waals surface area contributed by atoms with Crippen LogP contribution in [0.5, 0.6) is 11.5 Å². The number of carbonyl (C=O) groups excluding carboxylic acids is 1. The lowest BCUT2D eigenvalue weighted by molar-refractivity contribution is 0.0995. The Hall–Kier alpha value is -3.99. The number of halogens is 2. The summed E-state index contributed by atoms with van der Waals surface area (Å²) in [7, 11) is 0. The van der Waals surface area contributed by atoms with Gasteiger partial charge in [-0.3, -0.25) is 4.79 Å². The van der Waals surface area contributed by atoms with Gasteiger partial charge in [-0.15, -0.1) is 0 Å². The van der Waals surface area contributed by atoms with E-state index in [9.17, 15) is 13.6 Å². The lowest BCUT2D eigenvalue weighted by atomic mass is 10.0. The van der Waals surface area contributed by atoms with Crippen LogP contribution in [0.25, 0.3) is 11.1 Å². The van der Waals surface area contributed by atoms with E-state index in [2.05, 4.69) is 4.98 Å². The van der Waals surface area contributed by atoms with Gasteiger partial charge >= 0.3 is 0 Å². The minimum Gasteiger partial charge on any atom is -0.490 e. The number of nitrogens with zero attached hydrogens (tertiary/aromatic N) is 2. The van der Waals surface area contributed by atoms with Crippen LogP contribution < -0.4 is 15.2 Å². The van der Waals surface area contributed by atoms with Gasteiger partial charge in [-0.05, 0) is 35.9 Å². The highest BCUT2D eigenvalue weighted by Crippen LogP contribution is 2.30. The fourth-order valence-electron chi connectivity index (χ4n) is 2.54. The fraction of sp³-hybridized carbons (Fsp3) is 0.0952. The zero-order valence-corrected chi connectivity index (χ0v) is 15.1. The molecular formula is C21H15F2N3O3. The molecule has 3 rings (SSSR count). The summed E-state index contributed by atoms with van der Waals surface area (Å²) in [6.07, 6.45) is 1.35. The topological polar surface area (TPSA) is 98.2 Å². The van der Waals surface area contributed by atoms with Crippen LogP contribution in [-0.2, 0) is 0 Å². The number of primary amides is 1. The molecule has 0 aliphatic carbocycles. The van der Waals surface area contributed by atoms with E-state index >= 15 is 0 Å². The molecule has 6 nitrogen and oxygen atoms in total. The van der Waals surface area contributed by atoms with Crippen molar-refractivity contribution in [2.45, 2.75) is 0 Å². The molecule has 1 heterocycles. The van der Waals surface area contributed by atoms with Gasteiger partial charge in [0.15, 0.2) is 0 Å². The smallest absolute Gasteiger partial charge is 0.267 e. The number of amides is 1. The maximum Gasteiger partial charge on any atom is 0.267 e. The quantitative estimate of drug-likeness (QED) is 0.618. The number of hydrogen-bond donors (Lipinski definition) is 1. The number of rotatable bonds is 7. The van der Waals surface area contributed by atoms with Crippen molar-refractivity contribution in [2.75, 3.05) is 13.2 Å². The number of carbonyl (C=O) groups is 1. The average molecular weight is 395 g/mol. The summed E-state index contributed by atoms with van der Waals surface area (Å²) in [5.74, 6) is -1.05.